The van der Waals surface area contributed by atoms with Gasteiger partial charge in [0.15, 0.2) is 23.7 Å². The molecule has 2 aromatic carbocycles. The Morgan fingerprint density at radius 3 is 2.35 bits per heavy atom. The number of aliphatic hydroxyl groups is 1. The van der Waals surface area contributed by atoms with E-state index in [2.05, 4.69) is 10.2 Å². The molecule has 4 aliphatic rings. The number of piperidine rings is 1. The number of rotatable bonds is 8. The van der Waals surface area contributed by atoms with E-state index in [1.54, 1.807) is 65.8 Å². The van der Waals surface area contributed by atoms with Gasteiger partial charge in [-0.15, -0.1) is 0 Å². The fourth-order valence-corrected chi connectivity index (χ4v) is 7.86. The quantitative estimate of drug-likeness (QED) is 0.216. The average Bonchev–Trinajstić information content (AvgIpc) is 3.39. The second kappa shape index (κ2) is 13.4. The minimum absolute atomic E-state index is 0.0900. The predicted octanol–water partition coefficient (Wildman–Crippen LogP) is 4.89. The van der Waals surface area contributed by atoms with Crippen LogP contribution >= 0.6 is 0 Å². The molecule has 2 aliphatic heterocycles. The van der Waals surface area contributed by atoms with E-state index >= 15 is 0 Å². The highest BCUT2D eigenvalue weighted by molar-refractivity contribution is 5.85. The van der Waals surface area contributed by atoms with Crippen molar-refractivity contribution in [1.29, 1.82) is 0 Å². The third kappa shape index (κ3) is 6.95. The van der Waals surface area contributed by atoms with Crippen molar-refractivity contribution in [3.05, 3.63) is 71.0 Å². The van der Waals surface area contributed by atoms with Crippen molar-refractivity contribution in [2.24, 2.45) is 0 Å². The normalized spacial score (nSPS) is 25.7. The maximum atomic E-state index is 13.6. The first-order valence-corrected chi connectivity index (χ1v) is 17.6. The zero-order valence-corrected chi connectivity index (χ0v) is 30.9. The summed E-state index contributed by atoms with van der Waals surface area (Å²) < 4.78 is 34.5. The van der Waals surface area contributed by atoms with Gasteiger partial charge in [0, 0.05) is 24.4 Å². The largest absolute Gasteiger partial charge is 0.514 e. The highest BCUT2D eigenvalue weighted by Crippen LogP contribution is 2.65. The smallest absolute Gasteiger partial charge is 0.477 e. The van der Waals surface area contributed by atoms with Gasteiger partial charge in [-0.2, -0.15) is 0 Å². The molecule has 2 heterocycles. The molecule has 1 spiro atoms. The molecule has 2 N–H and O–H groups in total. The molecule has 280 valence electrons. The van der Waals surface area contributed by atoms with Crippen LogP contribution < -0.4 is 14.8 Å². The van der Waals surface area contributed by atoms with Gasteiger partial charge in [-0.1, -0.05) is 36.4 Å². The van der Waals surface area contributed by atoms with Crippen molar-refractivity contribution in [3.8, 4) is 11.5 Å². The zero-order chi connectivity index (χ0) is 37.8. The number of likely N-dealkylation sites (tertiary alicyclic amines) is 1. The maximum Gasteiger partial charge on any atom is 0.514 e. The number of alkyl carbamates (subject to hydrolysis) is 1. The molecule has 2 aromatic rings. The van der Waals surface area contributed by atoms with Crippen LogP contribution in [0.3, 0.4) is 0 Å². The summed E-state index contributed by atoms with van der Waals surface area (Å²) >= 11 is 0. The number of hydrogen-bond donors (Lipinski definition) is 2. The zero-order valence-electron chi connectivity index (χ0n) is 30.9. The topological polar surface area (TPSA) is 159 Å². The monoisotopic (exact) mass is 720 g/mol. The summed E-state index contributed by atoms with van der Waals surface area (Å²) in [6.45, 7) is 12.3. The summed E-state index contributed by atoms with van der Waals surface area (Å²) in [6, 6.07) is 11.2. The van der Waals surface area contributed by atoms with E-state index in [0.717, 1.165) is 16.7 Å². The lowest BCUT2D eigenvalue weighted by molar-refractivity contribution is -0.176. The number of benzene rings is 2. The number of likely N-dealkylation sites (N-methyl/N-ethyl adjacent to an activating group) is 1. The van der Waals surface area contributed by atoms with Gasteiger partial charge in [0.05, 0.1) is 11.0 Å². The van der Waals surface area contributed by atoms with Crippen molar-refractivity contribution in [1.82, 2.24) is 10.2 Å². The van der Waals surface area contributed by atoms with E-state index in [4.69, 9.17) is 28.4 Å². The van der Waals surface area contributed by atoms with Crippen molar-refractivity contribution in [3.63, 3.8) is 0 Å². The number of amides is 1. The minimum Gasteiger partial charge on any atom is -0.477 e. The fraction of sp³-hybridized carbons (Fsp3) is 0.538. The molecule has 52 heavy (non-hydrogen) atoms. The van der Waals surface area contributed by atoms with Crippen LogP contribution in [-0.2, 0) is 46.8 Å². The van der Waals surface area contributed by atoms with Crippen molar-refractivity contribution < 1.29 is 52.7 Å². The third-order valence-corrected chi connectivity index (χ3v) is 10.0. The maximum absolute atomic E-state index is 13.6. The van der Waals surface area contributed by atoms with Crippen molar-refractivity contribution in [2.45, 2.75) is 121 Å². The first-order valence-electron chi connectivity index (χ1n) is 17.6. The van der Waals surface area contributed by atoms with Crippen LogP contribution in [0.4, 0.5) is 9.59 Å². The summed E-state index contributed by atoms with van der Waals surface area (Å²) in [7, 11) is 1.98. The third-order valence-electron chi connectivity index (χ3n) is 10.0. The Morgan fingerprint density at radius 2 is 1.67 bits per heavy atom. The summed E-state index contributed by atoms with van der Waals surface area (Å²) in [5.74, 6) is -1.15. The summed E-state index contributed by atoms with van der Waals surface area (Å²) in [5, 5.41) is 15.1. The van der Waals surface area contributed by atoms with Crippen LogP contribution in [0.2, 0.25) is 0 Å². The van der Waals surface area contributed by atoms with Gasteiger partial charge in [-0.05, 0) is 98.2 Å². The number of esters is 2. The Balaban J connectivity index is 1.24. The van der Waals surface area contributed by atoms with Gasteiger partial charge in [0.25, 0.3) is 0 Å². The first-order chi connectivity index (χ1) is 24.3. The van der Waals surface area contributed by atoms with Crippen LogP contribution in [0.1, 0.15) is 78.0 Å². The molecule has 1 fully saturated rings. The van der Waals surface area contributed by atoms with Crippen LogP contribution in [0, 0.1) is 0 Å². The molecule has 0 radical (unpaired) electrons. The molecule has 6 atom stereocenters. The Morgan fingerprint density at radius 1 is 0.981 bits per heavy atom. The van der Waals surface area contributed by atoms with E-state index in [1.165, 1.54) is 6.92 Å². The van der Waals surface area contributed by atoms with Crippen molar-refractivity contribution >= 4 is 24.2 Å². The van der Waals surface area contributed by atoms with E-state index < -0.39 is 64.7 Å². The molecule has 1 unspecified atom stereocenters. The van der Waals surface area contributed by atoms with Crippen LogP contribution in [0.5, 0.6) is 11.5 Å². The molecule has 13 heteroatoms. The van der Waals surface area contributed by atoms with Crippen molar-refractivity contribution in [2.75, 3.05) is 13.6 Å². The number of hydrogen-bond acceptors (Lipinski definition) is 12. The molecule has 1 saturated heterocycles. The summed E-state index contributed by atoms with van der Waals surface area (Å²) in [4.78, 5) is 54.7. The second-order valence-electron chi connectivity index (χ2n) is 16.0. The van der Waals surface area contributed by atoms with Crippen LogP contribution in [-0.4, -0.2) is 88.9 Å². The number of carbonyl (C=O) groups is 4. The Labute approximate surface area is 303 Å². The molecule has 6 rings (SSSR count). The van der Waals surface area contributed by atoms with Crippen LogP contribution in [0.25, 0.3) is 0 Å². The first kappa shape index (κ1) is 37.1. The average molecular weight is 721 g/mol. The van der Waals surface area contributed by atoms with Gasteiger partial charge >= 0.3 is 24.2 Å². The Kier molecular flexibility index (Phi) is 9.58. The number of carbonyl (C=O) groups excluding carboxylic acids is 4. The van der Waals surface area contributed by atoms with E-state index in [-0.39, 0.29) is 36.1 Å². The summed E-state index contributed by atoms with van der Waals surface area (Å²) in [5.41, 5.74) is -1.50. The van der Waals surface area contributed by atoms with E-state index in [0.29, 0.717) is 19.4 Å². The number of nitrogens with zero attached hydrogens (tertiary/aromatic N) is 1. The lowest BCUT2D eigenvalue weighted by Gasteiger charge is -2.61. The SMILES string of the molecule is C[C@H](OC(=O)C(Cc1ccccc1)NC(=O)OC(C)(C)C)C(=O)OC1=CC[C@@]2(O)[C@H]3Cc4ccc(OC(=O)OC(C)(C)C)c5c4[C@@]2(CCN3C)[C@H]1O5. The van der Waals surface area contributed by atoms with E-state index in [9.17, 15) is 24.3 Å². The van der Waals surface area contributed by atoms with Gasteiger partial charge < -0.3 is 43.7 Å². The van der Waals surface area contributed by atoms with E-state index in [1.807, 2.05) is 31.3 Å². The molecule has 2 bridgehead atoms. The fourth-order valence-electron chi connectivity index (χ4n) is 7.86. The molecule has 13 nitrogen and oxygen atoms in total. The molecule has 0 saturated carbocycles. The van der Waals surface area contributed by atoms with Crippen LogP contribution in [0.15, 0.2) is 54.3 Å². The minimum atomic E-state index is -1.38. The Bertz CT molecular complexity index is 1780. The lowest BCUT2D eigenvalue weighted by atomic mass is 9.50. The highest BCUT2D eigenvalue weighted by Gasteiger charge is 2.72. The molecular formula is C39H48N2O11. The molecule has 0 aromatic heterocycles. The van der Waals surface area contributed by atoms with Gasteiger partial charge in [-0.3, -0.25) is 0 Å². The molecule has 1 amide bonds. The lowest BCUT2D eigenvalue weighted by Crippen LogP contribution is -2.74. The Hall–Kier alpha value is -4.62. The van der Waals surface area contributed by atoms with Gasteiger partial charge in [-0.25, -0.2) is 19.2 Å². The highest BCUT2D eigenvalue weighted by atomic mass is 16.7. The predicted molar refractivity (Wildman–Crippen MR) is 187 cm³/mol. The summed E-state index contributed by atoms with van der Waals surface area (Å²) in [6.07, 6.45) is -1.15. The molecule has 2 aliphatic carbocycles. The second-order valence-corrected chi connectivity index (χ2v) is 16.0. The van der Waals surface area contributed by atoms with Gasteiger partial charge in [0.1, 0.15) is 23.0 Å². The number of ether oxygens (including phenoxy) is 6. The standard InChI is InChI=1S/C39H48N2O11/c1-22(47-33(43)25(20-23-12-10-9-11-13-23)40-34(44)51-36(2,3)4)32(42)48-27-16-17-39(46)28-21-24-14-15-26(49-35(45)52-37(5,6)7)30-29(24)38(39,31(27)50-30)18-19-41(28)8/h9-16,22,25,28,31,46H,17-21H2,1-8H3,(H,40,44)/t22-,25?,28+,31-,38-,39+/m0/s1. The van der Waals surface area contributed by atoms with Gasteiger partial charge in [0.2, 0.25) is 0 Å². The molecular weight excluding hydrogens is 672 g/mol. The number of nitrogens with one attached hydrogen (secondary N) is 1.